The van der Waals surface area contributed by atoms with Crippen LogP contribution < -0.4 is 5.32 Å². The lowest BCUT2D eigenvalue weighted by molar-refractivity contribution is -0.120. The second-order valence-electron chi connectivity index (χ2n) is 4.42. The van der Waals surface area contributed by atoms with E-state index in [2.05, 4.69) is 21.2 Å². The summed E-state index contributed by atoms with van der Waals surface area (Å²) in [4.78, 5) is 23.0. The van der Waals surface area contributed by atoms with E-state index in [0.29, 0.717) is 35.7 Å². The molecule has 96 valence electrons. The zero-order valence-electron chi connectivity index (χ0n) is 9.71. The molecule has 1 N–H and O–H groups in total. The molecule has 0 heterocycles. The van der Waals surface area contributed by atoms with Crippen molar-refractivity contribution < 1.29 is 14.0 Å². The van der Waals surface area contributed by atoms with Crippen molar-refractivity contribution in [3.05, 3.63) is 34.1 Å². The average Bonchev–Trinajstić information content (AvgIpc) is 2.35. The maximum Gasteiger partial charge on any atom is 0.251 e. The summed E-state index contributed by atoms with van der Waals surface area (Å²) in [6.07, 6.45) is 2.37. The standard InChI is InChI=1S/C13H13BrFNO2/c14-11-6-1-8(7-12(11)15)13(18)16-9-2-4-10(17)5-3-9/h1,6-7,9H,2-5H2,(H,16,18). The van der Waals surface area contributed by atoms with Gasteiger partial charge < -0.3 is 5.32 Å². The monoisotopic (exact) mass is 313 g/mol. The van der Waals surface area contributed by atoms with Gasteiger partial charge in [0.1, 0.15) is 11.6 Å². The van der Waals surface area contributed by atoms with Crippen molar-refractivity contribution in [3.8, 4) is 0 Å². The first-order valence-corrected chi connectivity index (χ1v) is 6.63. The number of ketones is 1. The maximum atomic E-state index is 13.3. The first-order valence-electron chi connectivity index (χ1n) is 5.84. The van der Waals surface area contributed by atoms with E-state index in [9.17, 15) is 14.0 Å². The van der Waals surface area contributed by atoms with Gasteiger partial charge in [0, 0.05) is 24.4 Å². The van der Waals surface area contributed by atoms with Gasteiger partial charge in [-0.1, -0.05) is 0 Å². The summed E-state index contributed by atoms with van der Waals surface area (Å²) in [7, 11) is 0. The van der Waals surface area contributed by atoms with Crippen LogP contribution in [0.25, 0.3) is 0 Å². The minimum Gasteiger partial charge on any atom is -0.349 e. The molecule has 0 spiro atoms. The number of halogens is 2. The second-order valence-corrected chi connectivity index (χ2v) is 5.27. The van der Waals surface area contributed by atoms with Crippen LogP contribution in [0.2, 0.25) is 0 Å². The van der Waals surface area contributed by atoms with E-state index in [1.807, 2.05) is 0 Å². The number of rotatable bonds is 2. The maximum absolute atomic E-state index is 13.3. The van der Waals surface area contributed by atoms with Crippen LogP contribution in [-0.2, 0) is 4.79 Å². The van der Waals surface area contributed by atoms with E-state index in [1.165, 1.54) is 12.1 Å². The molecule has 0 radical (unpaired) electrons. The van der Waals surface area contributed by atoms with Gasteiger partial charge in [0.2, 0.25) is 0 Å². The molecular weight excluding hydrogens is 301 g/mol. The van der Waals surface area contributed by atoms with Gasteiger partial charge in [-0.3, -0.25) is 9.59 Å². The number of amides is 1. The smallest absolute Gasteiger partial charge is 0.251 e. The zero-order valence-corrected chi connectivity index (χ0v) is 11.3. The first-order chi connectivity index (χ1) is 8.56. The highest BCUT2D eigenvalue weighted by Gasteiger charge is 2.20. The number of hydrogen-bond acceptors (Lipinski definition) is 2. The Bertz CT molecular complexity index is 480. The molecule has 3 nitrogen and oxygen atoms in total. The van der Waals surface area contributed by atoms with Crippen molar-refractivity contribution >= 4 is 27.6 Å². The van der Waals surface area contributed by atoms with E-state index in [1.54, 1.807) is 6.07 Å². The molecule has 1 fully saturated rings. The molecule has 0 atom stereocenters. The van der Waals surface area contributed by atoms with Gasteiger partial charge >= 0.3 is 0 Å². The molecular formula is C13H13BrFNO2. The Morgan fingerprint density at radius 1 is 1.33 bits per heavy atom. The fraction of sp³-hybridized carbons (Fsp3) is 0.385. The van der Waals surface area contributed by atoms with Crippen LogP contribution >= 0.6 is 15.9 Å². The van der Waals surface area contributed by atoms with E-state index in [4.69, 9.17) is 0 Å². The summed E-state index contributed by atoms with van der Waals surface area (Å²) in [6.45, 7) is 0. The van der Waals surface area contributed by atoms with E-state index >= 15 is 0 Å². The lowest BCUT2D eigenvalue weighted by Gasteiger charge is -2.22. The van der Waals surface area contributed by atoms with Crippen LogP contribution in [-0.4, -0.2) is 17.7 Å². The molecule has 0 bridgehead atoms. The third-order valence-corrected chi connectivity index (χ3v) is 3.70. The minimum atomic E-state index is -0.457. The summed E-state index contributed by atoms with van der Waals surface area (Å²) >= 11 is 3.04. The molecule has 0 aliphatic heterocycles. The van der Waals surface area contributed by atoms with Crippen molar-refractivity contribution in [1.82, 2.24) is 5.32 Å². The van der Waals surface area contributed by atoms with Gasteiger partial charge in [-0.25, -0.2) is 4.39 Å². The fourth-order valence-electron chi connectivity index (χ4n) is 1.99. The van der Waals surface area contributed by atoms with Crippen LogP contribution in [0.4, 0.5) is 4.39 Å². The van der Waals surface area contributed by atoms with Crippen LogP contribution in [0.1, 0.15) is 36.0 Å². The van der Waals surface area contributed by atoms with Gasteiger partial charge in [-0.2, -0.15) is 0 Å². The first kappa shape index (κ1) is 13.2. The van der Waals surface area contributed by atoms with Crippen LogP contribution in [0.5, 0.6) is 0 Å². The lowest BCUT2D eigenvalue weighted by Crippen LogP contribution is -2.37. The number of hydrogen-bond donors (Lipinski definition) is 1. The number of carbonyl (C=O) groups excluding carboxylic acids is 2. The Hall–Kier alpha value is -1.23. The Balaban J connectivity index is 1.99. The highest BCUT2D eigenvalue weighted by atomic mass is 79.9. The van der Waals surface area contributed by atoms with E-state index in [0.717, 1.165) is 0 Å². The van der Waals surface area contributed by atoms with Crippen molar-refractivity contribution in [2.45, 2.75) is 31.7 Å². The van der Waals surface area contributed by atoms with E-state index < -0.39 is 5.82 Å². The summed E-state index contributed by atoms with van der Waals surface area (Å²) in [5, 5.41) is 2.83. The molecule has 1 aromatic carbocycles. The van der Waals surface area contributed by atoms with Crippen molar-refractivity contribution in [3.63, 3.8) is 0 Å². The van der Waals surface area contributed by atoms with Gasteiger partial charge in [0.05, 0.1) is 4.47 Å². The SMILES string of the molecule is O=C1CCC(NC(=O)c2ccc(Br)c(F)c2)CC1. The Morgan fingerprint density at radius 3 is 2.61 bits per heavy atom. The van der Waals surface area contributed by atoms with Gasteiger partial charge in [0.15, 0.2) is 0 Å². The zero-order chi connectivity index (χ0) is 13.1. The molecule has 0 aromatic heterocycles. The Morgan fingerprint density at radius 2 is 2.00 bits per heavy atom. The topological polar surface area (TPSA) is 46.2 Å². The molecule has 2 rings (SSSR count). The van der Waals surface area contributed by atoms with Gasteiger partial charge in [-0.05, 0) is 47.0 Å². The van der Waals surface area contributed by atoms with Crippen molar-refractivity contribution in [2.75, 3.05) is 0 Å². The molecule has 0 unspecified atom stereocenters. The van der Waals surface area contributed by atoms with Crippen LogP contribution in [0.15, 0.2) is 22.7 Å². The fourth-order valence-corrected chi connectivity index (χ4v) is 2.24. The van der Waals surface area contributed by atoms with Crippen LogP contribution in [0, 0.1) is 5.82 Å². The van der Waals surface area contributed by atoms with Crippen LogP contribution in [0.3, 0.4) is 0 Å². The van der Waals surface area contributed by atoms with E-state index in [-0.39, 0.29) is 17.7 Å². The minimum absolute atomic E-state index is 0.0157. The van der Waals surface area contributed by atoms with Crippen molar-refractivity contribution in [1.29, 1.82) is 0 Å². The third kappa shape index (κ3) is 3.16. The largest absolute Gasteiger partial charge is 0.349 e. The quantitative estimate of drug-likeness (QED) is 0.912. The predicted molar refractivity (Wildman–Crippen MR) is 68.8 cm³/mol. The highest BCUT2D eigenvalue weighted by Crippen LogP contribution is 2.18. The number of carbonyl (C=O) groups is 2. The summed E-state index contributed by atoms with van der Waals surface area (Å²) in [6, 6.07) is 4.29. The molecule has 1 aliphatic rings. The summed E-state index contributed by atoms with van der Waals surface area (Å²) < 4.78 is 13.6. The molecule has 18 heavy (non-hydrogen) atoms. The Kier molecular flexibility index (Phi) is 4.11. The second kappa shape index (κ2) is 5.61. The molecule has 1 saturated carbocycles. The molecule has 1 aromatic rings. The molecule has 1 amide bonds. The summed E-state index contributed by atoms with van der Waals surface area (Å²) in [5.41, 5.74) is 0.299. The van der Waals surface area contributed by atoms with Gasteiger partial charge in [0.25, 0.3) is 5.91 Å². The normalized spacial score (nSPS) is 16.7. The molecule has 5 heteroatoms. The molecule has 1 aliphatic carbocycles. The number of benzene rings is 1. The lowest BCUT2D eigenvalue weighted by atomic mass is 9.94. The van der Waals surface area contributed by atoms with Gasteiger partial charge in [-0.15, -0.1) is 0 Å². The number of Topliss-reactive ketones (excluding diaryl/α,β-unsaturated/α-hetero) is 1. The van der Waals surface area contributed by atoms with Crippen molar-refractivity contribution in [2.24, 2.45) is 0 Å². The highest BCUT2D eigenvalue weighted by molar-refractivity contribution is 9.10. The predicted octanol–water partition coefficient (Wildman–Crippen LogP) is 2.83. The summed E-state index contributed by atoms with van der Waals surface area (Å²) in [5.74, 6) is -0.502. The third-order valence-electron chi connectivity index (χ3n) is 3.06. The average molecular weight is 314 g/mol. The Labute approximate surface area is 113 Å². The number of nitrogens with one attached hydrogen (secondary N) is 1. The molecule has 0 saturated heterocycles.